The molecule has 3 aliphatic heterocycles. The molecule has 2 aromatic rings. The van der Waals surface area contributed by atoms with Gasteiger partial charge in [-0.2, -0.15) is 8.42 Å². The SMILES string of the molecule is CN1C2CC(OC(=O)C(c3cccs3)c3cccs3)CC1C1OC12.O=S(=O)(O)O. The van der Waals surface area contributed by atoms with Gasteiger partial charge in [0.15, 0.2) is 0 Å². The number of thiophene rings is 2. The van der Waals surface area contributed by atoms with Crippen LogP contribution in [-0.4, -0.2) is 65.8 Å². The monoisotopic (exact) mass is 459 g/mol. The molecule has 5 heterocycles. The maximum atomic E-state index is 13.0. The number of morpholine rings is 1. The molecule has 0 radical (unpaired) electrons. The fourth-order valence-electron chi connectivity index (χ4n) is 4.31. The second kappa shape index (κ2) is 8.06. The molecule has 0 aliphatic carbocycles. The highest BCUT2D eigenvalue weighted by Gasteiger charge is 2.62. The summed E-state index contributed by atoms with van der Waals surface area (Å²) in [5, 5.41) is 4.04. The van der Waals surface area contributed by atoms with Crippen LogP contribution >= 0.6 is 22.7 Å². The van der Waals surface area contributed by atoms with E-state index in [0.29, 0.717) is 24.3 Å². The molecule has 0 amide bonds. The van der Waals surface area contributed by atoms with E-state index in [2.05, 4.69) is 11.9 Å². The number of rotatable bonds is 4. The number of likely N-dealkylation sites (N-methyl/N-ethyl adjacent to an activating group) is 1. The lowest BCUT2D eigenvalue weighted by atomic mass is 9.99. The van der Waals surface area contributed by atoms with Crippen molar-refractivity contribution < 1.29 is 31.8 Å². The first-order chi connectivity index (χ1) is 13.7. The van der Waals surface area contributed by atoms with Gasteiger partial charge in [0.25, 0.3) is 0 Å². The van der Waals surface area contributed by atoms with Crippen LogP contribution in [0, 0.1) is 0 Å². The molecule has 0 aromatic carbocycles. The van der Waals surface area contributed by atoms with Crippen LogP contribution in [0.2, 0.25) is 0 Å². The topological polar surface area (TPSA) is 117 Å². The average Bonchev–Trinajstić information content (AvgIpc) is 2.95. The largest absolute Gasteiger partial charge is 0.461 e. The van der Waals surface area contributed by atoms with Crippen LogP contribution in [0.4, 0.5) is 0 Å². The zero-order chi connectivity index (χ0) is 20.8. The summed E-state index contributed by atoms with van der Waals surface area (Å²) in [6.07, 6.45) is 2.54. The molecule has 2 bridgehead atoms. The summed E-state index contributed by atoms with van der Waals surface area (Å²) in [5.41, 5.74) is 0. The van der Waals surface area contributed by atoms with Crippen LogP contribution in [0.25, 0.3) is 0 Å². The Kier molecular flexibility index (Phi) is 5.81. The molecule has 0 spiro atoms. The Bertz CT molecular complexity index is 884. The average molecular weight is 460 g/mol. The van der Waals surface area contributed by atoms with Gasteiger partial charge >= 0.3 is 16.4 Å². The first-order valence-electron chi connectivity index (χ1n) is 9.07. The van der Waals surface area contributed by atoms with Gasteiger partial charge in [0.1, 0.15) is 24.2 Å². The van der Waals surface area contributed by atoms with Gasteiger partial charge in [-0.15, -0.1) is 22.7 Å². The first-order valence-corrected chi connectivity index (χ1v) is 12.2. The molecule has 158 valence electrons. The summed E-state index contributed by atoms with van der Waals surface area (Å²) in [4.78, 5) is 17.5. The normalized spacial score (nSPS) is 30.4. The van der Waals surface area contributed by atoms with E-state index in [1.807, 2.05) is 35.0 Å². The second-order valence-corrected chi connectivity index (χ2v) is 10.2. The van der Waals surface area contributed by atoms with Gasteiger partial charge in [-0.3, -0.25) is 18.8 Å². The Hall–Kier alpha value is -1.34. The number of hydrogen-bond donors (Lipinski definition) is 2. The Labute approximate surface area is 176 Å². The van der Waals surface area contributed by atoms with Crippen LogP contribution in [0.15, 0.2) is 35.0 Å². The van der Waals surface area contributed by atoms with Crippen LogP contribution < -0.4 is 0 Å². The van der Waals surface area contributed by atoms with Crippen LogP contribution in [-0.2, 0) is 24.7 Å². The van der Waals surface area contributed by atoms with E-state index >= 15 is 0 Å². The fourth-order valence-corrected chi connectivity index (χ4v) is 6.05. The van der Waals surface area contributed by atoms with Crippen molar-refractivity contribution in [3.8, 4) is 0 Å². The summed E-state index contributed by atoms with van der Waals surface area (Å²) >= 11 is 3.24. The minimum Gasteiger partial charge on any atom is -0.461 e. The van der Waals surface area contributed by atoms with Gasteiger partial charge in [0, 0.05) is 34.7 Å². The zero-order valence-electron chi connectivity index (χ0n) is 15.5. The third-order valence-corrected chi connectivity index (χ3v) is 7.42. The molecule has 0 saturated carbocycles. The lowest BCUT2D eigenvalue weighted by Gasteiger charge is -2.38. The maximum absolute atomic E-state index is 13.0. The quantitative estimate of drug-likeness (QED) is 0.407. The van der Waals surface area contributed by atoms with Crippen molar-refractivity contribution in [1.29, 1.82) is 0 Å². The minimum absolute atomic E-state index is 0.0162. The summed E-state index contributed by atoms with van der Waals surface area (Å²) in [6, 6.07) is 8.86. The third kappa shape index (κ3) is 4.71. The third-order valence-electron chi connectivity index (χ3n) is 5.55. The Morgan fingerprint density at radius 1 is 1.14 bits per heavy atom. The Morgan fingerprint density at radius 3 is 2.03 bits per heavy atom. The maximum Gasteiger partial charge on any atom is 0.394 e. The number of ether oxygens (including phenoxy) is 2. The van der Waals surface area contributed by atoms with Gasteiger partial charge < -0.3 is 9.47 Å². The van der Waals surface area contributed by atoms with Crippen molar-refractivity contribution in [3.05, 3.63) is 44.8 Å². The fraction of sp³-hybridized carbons (Fsp3) is 0.500. The number of nitrogens with zero attached hydrogens (tertiary/aromatic N) is 1. The van der Waals surface area contributed by atoms with Gasteiger partial charge in [0.2, 0.25) is 0 Å². The molecule has 3 saturated heterocycles. The number of fused-ring (bicyclic) bond motifs is 5. The first kappa shape index (κ1) is 20.9. The number of esters is 1. The van der Waals surface area contributed by atoms with E-state index in [9.17, 15) is 4.79 Å². The number of carbonyl (C=O) groups excluding carboxylic acids is 1. The molecule has 4 atom stereocenters. The van der Waals surface area contributed by atoms with E-state index in [1.54, 1.807) is 22.7 Å². The summed E-state index contributed by atoms with van der Waals surface area (Å²) in [7, 11) is -2.50. The van der Waals surface area contributed by atoms with E-state index < -0.39 is 10.4 Å². The van der Waals surface area contributed by atoms with Gasteiger partial charge in [-0.1, -0.05) is 12.1 Å². The predicted octanol–water partition coefficient (Wildman–Crippen LogP) is 2.44. The number of carbonyl (C=O) groups is 1. The van der Waals surface area contributed by atoms with Crippen LogP contribution in [0.1, 0.15) is 28.5 Å². The van der Waals surface area contributed by atoms with Gasteiger partial charge in [-0.05, 0) is 29.9 Å². The van der Waals surface area contributed by atoms with E-state index in [1.165, 1.54) is 0 Å². The van der Waals surface area contributed by atoms with Crippen molar-refractivity contribution >= 4 is 39.0 Å². The predicted molar refractivity (Wildman–Crippen MR) is 108 cm³/mol. The van der Waals surface area contributed by atoms with Crippen molar-refractivity contribution in [1.82, 2.24) is 4.90 Å². The van der Waals surface area contributed by atoms with E-state index in [0.717, 1.165) is 22.6 Å². The standard InChI is InChI=1S/C18H19NO3S2.H2O4S/c1-19-11-8-10(9-12(19)17-16(11)22-17)21-18(20)15(13-4-2-6-23-13)14-5-3-7-24-14;1-5(2,3)4/h2-7,10-12,15-17H,8-9H2,1H3;(H2,1,2,3,4). The van der Waals surface area contributed by atoms with E-state index in [-0.39, 0.29) is 18.0 Å². The molecule has 11 heteroatoms. The summed E-state index contributed by atoms with van der Waals surface area (Å²) in [5.74, 6) is -0.392. The highest BCUT2D eigenvalue weighted by Crippen LogP contribution is 2.48. The number of piperidine rings is 1. The lowest BCUT2D eigenvalue weighted by Crippen LogP contribution is -2.48. The molecule has 5 rings (SSSR count). The summed E-state index contributed by atoms with van der Waals surface area (Å²) in [6.45, 7) is 0. The van der Waals surface area contributed by atoms with Crippen molar-refractivity contribution in [3.63, 3.8) is 0 Å². The molecule has 2 aromatic heterocycles. The van der Waals surface area contributed by atoms with Gasteiger partial charge in [0.05, 0.1) is 0 Å². The van der Waals surface area contributed by atoms with Crippen LogP contribution in [0.3, 0.4) is 0 Å². The minimum atomic E-state index is -4.67. The zero-order valence-corrected chi connectivity index (χ0v) is 17.9. The molecule has 2 N–H and O–H groups in total. The molecule has 3 aliphatic rings. The highest BCUT2D eigenvalue weighted by molar-refractivity contribution is 7.79. The Morgan fingerprint density at radius 2 is 1.62 bits per heavy atom. The smallest absolute Gasteiger partial charge is 0.394 e. The lowest BCUT2D eigenvalue weighted by molar-refractivity contribution is -0.154. The highest BCUT2D eigenvalue weighted by atomic mass is 32.3. The van der Waals surface area contributed by atoms with Crippen molar-refractivity contribution in [2.24, 2.45) is 0 Å². The van der Waals surface area contributed by atoms with Crippen molar-refractivity contribution in [2.45, 2.75) is 49.2 Å². The van der Waals surface area contributed by atoms with Crippen LogP contribution in [0.5, 0.6) is 0 Å². The summed E-state index contributed by atoms with van der Waals surface area (Å²) < 4.78 is 43.3. The van der Waals surface area contributed by atoms with Crippen molar-refractivity contribution in [2.75, 3.05) is 7.05 Å². The number of hydrogen-bond acceptors (Lipinski definition) is 8. The van der Waals surface area contributed by atoms with Gasteiger partial charge in [-0.25, -0.2) is 0 Å². The molecule has 8 nitrogen and oxygen atoms in total. The molecular weight excluding hydrogens is 438 g/mol. The Balaban J connectivity index is 0.000000369. The van der Waals surface area contributed by atoms with E-state index in [4.69, 9.17) is 27.0 Å². The molecule has 3 fully saturated rings. The molecular formula is C18H21NO7S3. The number of epoxide rings is 1. The second-order valence-electron chi connectivity index (χ2n) is 7.31. The molecule has 29 heavy (non-hydrogen) atoms. The molecule has 4 unspecified atom stereocenters.